The van der Waals surface area contributed by atoms with E-state index in [0.29, 0.717) is 11.3 Å². The van der Waals surface area contributed by atoms with E-state index in [1.807, 2.05) is 18.2 Å². The van der Waals surface area contributed by atoms with Crippen LogP contribution in [0.2, 0.25) is 0 Å². The van der Waals surface area contributed by atoms with Gasteiger partial charge in [-0.2, -0.15) is 5.10 Å². The maximum atomic E-state index is 11.3. The van der Waals surface area contributed by atoms with Gasteiger partial charge in [-0.05, 0) is 36.4 Å². The monoisotopic (exact) mass is 281 g/mol. The number of fused-ring (bicyclic) bond motifs is 2. The van der Waals surface area contributed by atoms with E-state index in [9.17, 15) is 4.79 Å². The average molecular weight is 281 g/mol. The van der Waals surface area contributed by atoms with Gasteiger partial charge in [0.25, 0.3) is 0 Å². The summed E-state index contributed by atoms with van der Waals surface area (Å²) in [6, 6.07) is 10.8. The van der Waals surface area contributed by atoms with E-state index in [0.717, 1.165) is 27.9 Å². The van der Waals surface area contributed by atoms with Crippen LogP contribution in [0.5, 0.6) is 11.5 Å². The Morgan fingerprint density at radius 2 is 2.00 bits per heavy atom. The zero-order chi connectivity index (χ0) is 14.4. The molecule has 2 aromatic carbocycles. The first kappa shape index (κ1) is 11.8. The Morgan fingerprint density at radius 3 is 2.86 bits per heavy atom. The summed E-state index contributed by atoms with van der Waals surface area (Å²) in [5.41, 5.74) is 8.24. The Kier molecular flexibility index (Phi) is 2.38. The van der Waals surface area contributed by atoms with Crippen molar-refractivity contribution in [1.82, 2.24) is 10.2 Å². The molecular formula is C15H11N3O3. The fraction of sp³-hybridized carbons (Fsp3) is 0.0667. The largest absolute Gasteiger partial charge is 0.454 e. The van der Waals surface area contributed by atoms with Gasteiger partial charge in [0.15, 0.2) is 11.5 Å². The number of amides is 1. The third kappa shape index (κ3) is 1.80. The number of benzene rings is 2. The van der Waals surface area contributed by atoms with Crippen LogP contribution in [0.1, 0.15) is 10.4 Å². The number of nitrogens with zero attached hydrogens (tertiary/aromatic N) is 1. The molecule has 6 heteroatoms. The van der Waals surface area contributed by atoms with Crippen LogP contribution >= 0.6 is 0 Å². The van der Waals surface area contributed by atoms with Crippen molar-refractivity contribution in [3.05, 3.63) is 42.0 Å². The molecule has 3 aromatic rings. The van der Waals surface area contributed by atoms with Gasteiger partial charge in [-0.25, -0.2) is 0 Å². The molecule has 0 aliphatic carbocycles. The highest BCUT2D eigenvalue weighted by atomic mass is 16.7. The van der Waals surface area contributed by atoms with Gasteiger partial charge in [-0.1, -0.05) is 0 Å². The van der Waals surface area contributed by atoms with Gasteiger partial charge in [0.05, 0.1) is 5.52 Å². The number of hydrogen-bond donors (Lipinski definition) is 2. The molecule has 0 spiro atoms. The summed E-state index contributed by atoms with van der Waals surface area (Å²) in [4.78, 5) is 11.3. The third-order valence-corrected chi connectivity index (χ3v) is 3.49. The topological polar surface area (TPSA) is 90.2 Å². The fourth-order valence-electron chi connectivity index (χ4n) is 2.43. The second-order valence-corrected chi connectivity index (χ2v) is 4.76. The molecule has 4 rings (SSSR count). The van der Waals surface area contributed by atoms with Crippen LogP contribution in [-0.2, 0) is 0 Å². The lowest BCUT2D eigenvalue weighted by Crippen LogP contribution is -2.10. The summed E-state index contributed by atoms with van der Waals surface area (Å²) in [5, 5.41) is 8.10. The third-order valence-electron chi connectivity index (χ3n) is 3.49. The van der Waals surface area contributed by atoms with Crippen LogP contribution in [0.25, 0.3) is 22.2 Å². The molecule has 0 unspecified atom stereocenters. The number of nitrogens with one attached hydrogen (secondary N) is 1. The fourth-order valence-corrected chi connectivity index (χ4v) is 2.43. The van der Waals surface area contributed by atoms with Gasteiger partial charge in [-0.3, -0.25) is 9.89 Å². The Morgan fingerprint density at radius 1 is 1.14 bits per heavy atom. The number of primary amides is 1. The van der Waals surface area contributed by atoms with Crippen molar-refractivity contribution in [2.75, 3.05) is 6.79 Å². The van der Waals surface area contributed by atoms with Crippen LogP contribution in [0.4, 0.5) is 0 Å². The Bertz CT molecular complexity index is 870. The Balaban J connectivity index is 1.90. The first-order valence-electron chi connectivity index (χ1n) is 6.40. The van der Waals surface area contributed by atoms with E-state index in [1.54, 1.807) is 18.2 Å². The van der Waals surface area contributed by atoms with Crippen LogP contribution in [0.15, 0.2) is 36.4 Å². The van der Waals surface area contributed by atoms with E-state index >= 15 is 0 Å². The Hall–Kier alpha value is -3.02. The number of nitrogens with two attached hydrogens (primary N) is 1. The van der Waals surface area contributed by atoms with Crippen LogP contribution < -0.4 is 15.2 Å². The summed E-state index contributed by atoms with van der Waals surface area (Å²) in [6.45, 7) is 0.228. The summed E-state index contributed by atoms with van der Waals surface area (Å²) >= 11 is 0. The van der Waals surface area contributed by atoms with Crippen molar-refractivity contribution < 1.29 is 14.3 Å². The van der Waals surface area contributed by atoms with Gasteiger partial charge in [0.2, 0.25) is 12.7 Å². The lowest BCUT2D eigenvalue weighted by atomic mass is 10.0. The zero-order valence-electron chi connectivity index (χ0n) is 10.9. The second kappa shape index (κ2) is 4.24. The molecule has 2 heterocycles. The number of aromatic amines is 1. The first-order valence-corrected chi connectivity index (χ1v) is 6.40. The minimum atomic E-state index is -0.463. The summed E-state index contributed by atoms with van der Waals surface area (Å²) < 4.78 is 10.7. The maximum Gasteiger partial charge on any atom is 0.248 e. The number of rotatable bonds is 2. The predicted molar refractivity (Wildman–Crippen MR) is 76.2 cm³/mol. The standard InChI is InChI=1S/C15H11N3O3/c16-15(19)9-1-3-11-10(5-9)14(18-17-11)8-2-4-12-13(6-8)21-7-20-12/h1-6H,7H2,(H2,16,19)(H,17,18). The van der Waals surface area contributed by atoms with Gasteiger partial charge in [-0.15, -0.1) is 0 Å². The molecule has 0 atom stereocenters. The molecule has 3 N–H and O–H groups in total. The van der Waals surface area contributed by atoms with Crippen molar-refractivity contribution in [3.8, 4) is 22.8 Å². The summed E-state index contributed by atoms with van der Waals surface area (Å²) in [7, 11) is 0. The molecule has 1 aliphatic heterocycles. The number of aromatic nitrogens is 2. The minimum Gasteiger partial charge on any atom is -0.454 e. The molecule has 6 nitrogen and oxygen atoms in total. The molecule has 21 heavy (non-hydrogen) atoms. The van der Waals surface area contributed by atoms with E-state index in [2.05, 4.69) is 10.2 Å². The highest BCUT2D eigenvalue weighted by Crippen LogP contribution is 2.37. The number of hydrogen-bond acceptors (Lipinski definition) is 4. The highest BCUT2D eigenvalue weighted by molar-refractivity contribution is 6.00. The molecule has 0 saturated carbocycles. The molecule has 0 radical (unpaired) electrons. The smallest absolute Gasteiger partial charge is 0.248 e. The van der Waals surface area contributed by atoms with E-state index < -0.39 is 5.91 Å². The highest BCUT2D eigenvalue weighted by Gasteiger charge is 2.16. The van der Waals surface area contributed by atoms with Crippen molar-refractivity contribution >= 4 is 16.8 Å². The second-order valence-electron chi connectivity index (χ2n) is 4.76. The summed E-state index contributed by atoms with van der Waals surface area (Å²) in [6.07, 6.45) is 0. The van der Waals surface area contributed by atoms with Crippen molar-refractivity contribution in [3.63, 3.8) is 0 Å². The molecule has 0 bridgehead atoms. The lowest BCUT2D eigenvalue weighted by molar-refractivity contribution is 0.100. The van der Waals surface area contributed by atoms with E-state index in [1.165, 1.54) is 0 Å². The van der Waals surface area contributed by atoms with Crippen LogP contribution in [-0.4, -0.2) is 22.9 Å². The van der Waals surface area contributed by atoms with Crippen molar-refractivity contribution in [2.45, 2.75) is 0 Å². The minimum absolute atomic E-state index is 0.228. The number of H-pyrrole nitrogens is 1. The van der Waals surface area contributed by atoms with Crippen molar-refractivity contribution in [1.29, 1.82) is 0 Å². The average Bonchev–Trinajstić information content (AvgIpc) is 3.12. The van der Waals surface area contributed by atoms with Gasteiger partial charge in [0.1, 0.15) is 5.69 Å². The van der Waals surface area contributed by atoms with Crippen LogP contribution in [0, 0.1) is 0 Å². The summed E-state index contributed by atoms with van der Waals surface area (Å²) in [5.74, 6) is 0.945. The molecule has 1 amide bonds. The Labute approximate surface area is 119 Å². The normalized spacial score (nSPS) is 12.8. The van der Waals surface area contributed by atoms with Crippen molar-refractivity contribution in [2.24, 2.45) is 5.73 Å². The SMILES string of the molecule is NC(=O)c1ccc2[nH]nc(-c3ccc4c(c3)OCO4)c2c1. The maximum absolute atomic E-state index is 11.3. The predicted octanol–water partition coefficient (Wildman–Crippen LogP) is 2.06. The molecule has 1 aliphatic rings. The molecule has 0 saturated heterocycles. The van der Waals surface area contributed by atoms with E-state index in [-0.39, 0.29) is 6.79 Å². The first-order chi connectivity index (χ1) is 10.2. The quantitative estimate of drug-likeness (QED) is 0.752. The number of carbonyl (C=O) groups excluding carboxylic acids is 1. The van der Waals surface area contributed by atoms with Gasteiger partial charge in [0, 0.05) is 16.5 Å². The van der Waals surface area contributed by atoms with Gasteiger partial charge >= 0.3 is 0 Å². The number of carbonyl (C=O) groups is 1. The van der Waals surface area contributed by atoms with E-state index in [4.69, 9.17) is 15.2 Å². The lowest BCUT2D eigenvalue weighted by Gasteiger charge is -2.01. The molecule has 104 valence electrons. The zero-order valence-corrected chi connectivity index (χ0v) is 10.9. The molecular weight excluding hydrogens is 270 g/mol. The van der Waals surface area contributed by atoms with Crippen LogP contribution in [0.3, 0.4) is 0 Å². The number of ether oxygens (including phenoxy) is 2. The molecule has 1 aromatic heterocycles. The van der Waals surface area contributed by atoms with Gasteiger partial charge < -0.3 is 15.2 Å². The molecule has 0 fully saturated rings.